The van der Waals surface area contributed by atoms with Gasteiger partial charge in [0, 0.05) is 0 Å². The van der Waals surface area contributed by atoms with Gasteiger partial charge in [-0.25, -0.2) is 0 Å². The molecule has 4 aliphatic rings. The van der Waals surface area contributed by atoms with Crippen LogP contribution in [-0.4, -0.2) is 11.2 Å². The summed E-state index contributed by atoms with van der Waals surface area (Å²) in [5.74, 6) is 6.52. The van der Waals surface area contributed by atoms with E-state index in [0.717, 1.165) is 54.3 Å². The summed E-state index contributed by atoms with van der Waals surface area (Å²) in [6, 6.07) is 0. The third-order valence-corrected chi connectivity index (χ3v) is 8.75. The van der Waals surface area contributed by atoms with Crippen molar-refractivity contribution in [3.05, 3.63) is 0 Å². The van der Waals surface area contributed by atoms with Gasteiger partial charge in [0.15, 0.2) is 0 Å². The maximum Gasteiger partial charge on any atom is 0.0545 e. The summed E-state index contributed by atoms with van der Waals surface area (Å²) in [5.41, 5.74) is 0.658. The van der Waals surface area contributed by atoms with Gasteiger partial charge in [-0.2, -0.15) is 0 Å². The fourth-order valence-electron chi connectivity index (χ4n) is 7.61. The molecule has 1 heteroatoms. The molecule has 0 heterocycles. The van der Waals surface area contributed by atoms with Crippen molar-refractivity contribution in [1.82, 2.24) is 0 Å². The first kappa shape index (κ1) is 14.5. The Morgan fingerprint density at radius 2 is 1.71 bits per heavy atom. The monoisotopic (exact) mass is 290 g/mol. The van der Waals surface area contributed by atoms with Crippen LogP contribution >= 0.6 is 0 Å². The highest BCUT2D eigenvalue weighted by atomic mass is 16.3. The molecule has 0 aromatic carbocycles. The lowest BCUT2D eigenvalue weighted by molar-refractivity contribution is -0.0952. The van der Waals surface area contributed by atoms with Crippen LogP contribution in [-0.2, 0) is 0 Å². The van der Waals surface area contributed by atoms with Gasteiger partial charge in [-0.1, -0.05) is 20.8 Å². The van der Waals surface area contributed by atoms with Crippen molar-refractivity contribution in [3.8, 4) is 0 Å². The summed E-state index contributed by atoms with van der Waals surface area (Å²) in [5, 5.41) is 10.1. The second-order valence-electron chi connectivity index (χ2n) is 9.47. The van der Waals surface area contributed by atoms with Crippen LogP contribution in [0.3, 0.4) is 0 Å². The lowest BCUT2D eigenvalue weighted by atomic mass is 9.48. The smallest absolute Gasteiger partial charge is 0.0545 e. The molecule has 4 rings (SSSR count). The number of rotatable bonds is 0. The number of aliphatic hydroxyl groups is 1. The second-order valence-corrected chi connectivity index (χ2v) is 9.47. The molecule has 3 unspecified atom stereocenters. The Morgan fingerprint density at radius 1 is 0.905 bits per heavy atom. The van der Waals surface area contributed by atoms with Crippen molar-refractivity contribution in [2.75, 3.05) is 0 Å². The Labute approximate surface area is 130 Å². The van der Waals surface area contributed by atoms with Crippen molar-refractivity contribution in [1.29, 1.82) is 0 Å². The highest BCUT2D eigenvalue weighted by Crippen LogP contribution is 2.64. The molecule has 9 atom stereocenters. The van der Waals surface area contributed by atoms with Gasteiger partial charge in [0.05, 0.1) is 6.10 Å². The van der Waals surface area contributed by atoms with Crippen LogP contribution in [0.25, 0.3) is 0 Å². The quantitative estimate of drug-likeness (QED) is 0.674. The first-order valence-electron chi connectivity index (χ1n) is 9.68. The Morgan fingerprint density at radius 3 is 2.52 bits per heavy atom. The largest absolute Gasteiger partial charge is 0.393 e. The molecule has 0 saturated heterocycles. The van der Waals surface area contributed by atoms with Gasteiger partial charge >= 0.3 is 0 Å². The van der Waals surface area contributed by atoms with Crippen LogP contribution in [0.4, 0.5) is 0 Å². The van der Waals surface area contributed by atoms with Crippen LogP contribution < -0.4 is 0 Å². The predicted molar refractivity (Wildman–Crippen MR) is 86.8 cm³/mol. The van der Waals surface area contributed by atoms with Crippen LogP contribution in [0.5, 0.6) is 0 Å². The van der Waals surface area contributed by atoms with Gasteiger partial charge in [0.25, 0.3) is 0 Å². The third-order valence-electron chi connectivity index (χ3n) is 8.75. The van der Waals surface area contributed by atoms with E-state index < -0.39 is 0 Å². The van der Waals surface area contributed by atoms with Crippen LogP contribution in [0.1, 0.15) is 72.1 Å². The number of fused-ring (bicyclic) bond motifs is 5. The normalized spacial score (nSPS) is 60.0. The molecule has 0 aromatic heterocycles. The molecule has 4 saturated carbocycles. The molecule has 4 fully saturated rings. The summed E-state index contributed by atoms with van der Waals surface area (Å²) in [6.07, 6.45) is 11.0. The van der Waals surface area contributed by atoms with Crippen molar-refractivity contribution >= 4 is 0 Å². The molecular weight excluding hydrogens is 256 g/mol. The standard InChI is InChI=1S/C20H34O/c1-12-10-15(21)11-14-5-6-16-17(19(12)14)8-9-20(3)13(2)4-7-18(16)20/h12-19,21H,4-11H2,1-3H3/t12-,13+,14?,15?,16-,17+,18+,19?,20-/m1/s1. The van der Waals surface area contributed by atoms with Gasteiger partial charge in [0.2, 0.25) is 0 Å². The minimum absolute atomic E-state index is 0.00170. The number of hydrogen-bond acceptors (Lipinski definition) is 1. The lowest BCUT2D eigenvalue weighted by Gasteiger charge is -2.57. The molecule has 1 N–H and O–H groups in total. The van der Waals surface area contributed by atoms with E-state index in [1.807, 2.05) is 0 Å². The molecule has 120 valence electrons. The molecule has 0 bridgehead atoms. The second kappa shape index (κ2) is 4.98. The minimum Gasteiger partial charge on any atom is -0.393 e. The Bertz CT molecular complexity index is 405. The van der Waals surface area contributed by atoms with Crippen LogP contribution in [0.15, 0.2) is 0 Å². The van der Waals surface area contributed by atoms with E-state index in [9.17, 15) is 5.11 Å². The highest BCUT2D eigenvalue weighted by Gasteiger charge is 2.56. The van der Waals surface area contributed by atoms with Gasteiger partial charge in [-0.15, -0.1) is 0 Å². The molecule has 0 aromatic rings. The fraction of sp³-hybridized carbons (Fsp3) is 1.00. The molecular formula is C20H34O. The SMILES string of the molecule is C[C@@H]1CC(O)CC2CC[C@@H]3[C@H](CC[C@]4(C)[C@@H](C)CC[C@@H]34)C21. The fourth-order valence-corrected chi connectivity index (χ4v) is 7.61. The zero-order chi connectivity index (χ0) is 14.8. The maximum atomic E-state index is 10.1. The van der Waals surface area contributed by atoms with E-state index >= 15 is 0 Å². The average molecular weight is 290 g/mol. The lowest BCUT2D eigenvalue weighted by Crippen LogP contribution is -2.50. The topological polar surface area (TPSA) is 20.2 Å². The van der Waals surface area contributed by atoms with Crippen molar-refractivity contribution in [3.63, 3.8) is 0 Å². The van der Waals surface area contributed by atoms with E-state index in [1.54, 1.807) is 0 Å². The van der Waals surface area contributed by atoms with Gasteiger partial charge in [0.1, 0.15) is 0 Å². The van der Waals surface area contributed by atoms with Crippen LogP contribution in [0, 0.1) is 46.8 Å². The van der Waals surface area contributed by atoms with Gasteiger partial charge in [-0.3, -0.25) is 0 Å². The van der Waals surface area contributed by atoms with E-state index in [4.69, 9.17) is 0 Å². The number of aliphatic hydroxyl groups excluding tert-OH is 1. The molecule has 0 spiro atoms. The van der Waals surface area contributed by atoms with E-state index in [0.29, 0.717) is 5.41 Å². The molecule has 0 aliphatic heterocycles. The molecule has 1 nitrogen and oxygen atoms in total. The molecule has 4 aliphatic carbocycles. The summed E-state index contributed by atoms with van der Waals surface area (Å²) in [6.45, 7) is 7.57. The molecule has 21 heavy (non-hydrogen) atoms. The molecule has 0 amide bonds. The van der Waals surface area contributed by atoms with E-state index in [-0.39, 0.29) is 6.10 Å². The van der Waals surface area contributed by atoms with Crippen molar-refractivity contribution < 1.29 is 5.11 Å². The van der Waals surface area contributed by atoms with Crippen molar-refractivity contribution in [2.24, 2.45) is 46.8 Å². The van der Waals surface area contributed by atoms with Gasteiger partial charge in [-0.05, 0) is 98.2 Å². The summed E-state index contributed by atoms with van der Waals surface area (Å²) < 4.78 is 0. The Hall–Kier alpha value is -0.0400. The summed E-state index contributed by atoms with van der Waals surface area (Å²) in [4.78, 5) is 0. The highest BCUT2D eigenvalue weighted by molar-refractivity contribution is 5.05. The Balaban J connectivity index is 1.60. The third kappa shape index (κ3) is 2.06. The molecule has 0 radical (unpaired) electrons. The first-order valence-corrected chi connectivity index (χ1v) is 9.68. The van der Waals surface area contributed by atoms with E-state index in [1.165, 1.54) is 38.5 Å². The summed E-state index contributed by atoms with van der Waals surface area (Å²) >= 11 is 0. The zero-order valence-electron chi connectivity index (χ0n) is 14.2. The maximum absolute atomic E-state index is 10.1. The van der Waals surface area contributed by atoms with Crippen molar-refractivity contribution in [2.45, 2.75) is 78.2 Å². The average Bonchev–Trinajstić information content (AvgIpc) is 2.74. The zero-order valence-corrected chi connectivity index (χ0v) is 14.2. The van der Waals surface area contributed by atoms with Crippen LogP contribution in [0.2, 0.25) is 0 Å². The van der Waals surface area contributed by atoms with Gasteiger partial charge < -0.3 is 5.11 Å². The first-order chi connectivity index (χ1) is 10.0. The predicted octanol–water partition coefficient (Wildman–Crippen LogP) is 4.88. The minimum atomic E-state index is -0.00170. The van der Waals surface area contributed by atoms with E-state index in [2.05, 4.69) is 20.8 Å². The summed E-state index contributed by atoms with van der Waals surface area (Å²) in [7, 11) is 0. The number of hydrogen-bond donors (Lipinski definition) is 1. The Kier molecular flexibility index (Phi) is 3.45.